The number of hydrogen-bond acceptors (Lipinski definition) is 8. The Bertz CT molecular complexity index is 1970. The Morgan fingerprint density at radius 3 is 2.50 bits per heavy atom. The molecule has 1 aliphatic carbocycles. The molecule has 4 fully saturated rings. The van der Waals surface area contributed by atoms with E-state index in [1.807, 2.05) is 9.80 Å². The van der Waals surface area contributed by atoms with Crippen LogP contribution in [-0.2, 0) is 4.74 Å². The second-order valence-electron chi connectivity index (χ2n) is 13.7. The van der Waals surface area contributed by atoms with Crippen molar-refractivity contribution < 1.29 is 32.1 Å². The first-order chi connectivity index (χ1) is 23.1. The third kappa shape index (κ3) is 5.38. The van der Waals surface area contributed by atoms with E-state index in [0.717, 1.165) is 31.7 Å². The lowest BCUT2D eigenvalue weighted by molar-refractivity contribution is 0.0612. The molecule has 4 aromatic rings. The lowest BCUT2D eigenvalue weighted by Crippen LogP contribution is -2.51. The van der Waals surface area contributed by atoms with E-state index in [4.69, 9.17) is 20.9 Å². The van der Waals surface area contributed by atoms with Gasteiger partial charge in [0.2, 0.25) is 0 Å². The molecule has 250 valence electrons. The number of methoxy groups -OCH3 is 1. The lowest BCUT2D eigenvalue weighted by atomic mass is 9.92. The van der Waals surface area contributed by atoms with Crippen molar-refractivity contribution >= 4 is 27.5 Å². The fraction of sp³-hybridized carbons (Fsp3) is 0.444. The maximum atomic E-state index is 16.9. The molecule has 4 atom stereocenters. The van der Waals surface area contributed by atoms with Crippen LogP contribution in [-0.4, -0.2) is 90.8 Å². The standard InChI is InChI=1S/C36H35F4N5O3/c1-3-23-26(37)7-4-19-10-22(46)11-24(30(19)23)31-27(38)12-25-33(32(31)40)42-35(43-34(25)45-13-20-5-6-21(14-45)41-20)48-18-36(8-9-36)17-44-15-28(39)29(16-44)47-2/h1,4,7,10-12,20-21,28-29,41,46H,5-6,8-9,13-18H2,2H3/t20?,21?,28-,29-/m0/s1. The Labute approximate surface area is 275 Å². The van der Waals surface area contributed by atoms with E-state index in [9.17, 15) is 13.9 Å². The number of ether oxygens (including phenoxy) is 2. The van der Waals surface area contributed by atoms with Crippen molar-refractivity contribution in [2.45, 2.75) is 50.0 Å². The maximum Gasteiger partial charge on any atom is 0.319 e. The van der Waals surface area contributed by atoms with Gasteiger partial charge < -0.3 is 24.8 Å². The Hall–Kier alpha value is -4.18. The number of anilines is 1. The number of rotatable bonds is 8. The summed E-state index contributed by atoms with van der Waals surface area (Å²) >= 11 is 0. The number of aromatic hydroxyl groups is 1. The number of terminal acetylenes is 1. The number of benzene rings is 3. The Kier molecular flexibility index (Phi) is 7.62. The number of hydrogen-bond donors (Lipinski definition) is 2. The van der Waals surface area contributed by atoms with Crippen LogP contribution in [0.5, 0.6) is 11.8 Å². The average molecular weight is 662 g/mol. The largest absolute Gasteiger partial charge is 0.508 e. The lowest BCUT2D eigenvalue weighted by Gasteiger charge is -2.34. The first kappa shape index (κ1) is 31.1. The van der Waals surface area contributed by atoms with Crippen LogP contribution in [0.3, 0.4) is 0 Å². The van der Waals surface area contributed by atoms with Crippen LogP contribution in [0.15, 0.2) is 30.3 Å². The van der Waals surface area contributed by atoms with Gasteiger partial charge in [0, 0.05) is 73.7 Å². The highest BCUT2D eigenvalue weighted by Crippen LogP contribution is 2.47. The van der Waals surface area contributed by atoms with E-state index >= 15 is 8.78 Å². The quantitative estimate of drug-likeness (QED) is 0.194. The van der Waals surface area contributed by atoms with Gasteiger partial charge in [-0.3, -0.25) is 4.90 Å². The molecule has 1 saturated carbocycles. The summed E-state index contributed by atoms with van der Waals surface area (Å²) in [6.07, 6.45) is 7.86. The molecule has 8 rings (SSSR count). The summed E-state index contributed by atoms with van der Waals surface area (Å²) in [5, 5.41) is 14.7. The smallest absolute Gasteiger partial charge is 0.319 e. The zero-order chi connectivity index (χ0) is 33.3. The van der Waals surface area contributed by atoms with Gasteiger partial charge in [-0.1, -0.05) is 12.0 Å². The van der Waals surface area contributed by atoms with E-state index in [1.165, 1.54) is 31.4 Å². The molecule has 1 aromatic heterocycles. The molecule has 12 heteroatoms. The zero-order valence-corrected chi connectivity index (χ0v) is 26.4. The molecule has 48 heavy (non-hydrogen) atoms. The van der Waals surface area contributed by atoms with Crippen LogP contribution in [0, 0.1) is 35.2 Å². The highest BCUT2D eigenvalue weighted by atomic mass is 19.1. The molecule has 4 aliphatic rings. The highest BCUT2D eigenvalue weighted by Gasteiger charge is 2.47. The van der Waals surface area contributed by atoms with Gasteiger partial charge in [0.1, 0.15) is 41.0 Å². The molecular formula is C36H35F4N5O3. The molecule has 3 aromatic carbocycles. The van der Waals surface area contributed by atoms with Crippen LogP contribution in [0.1, 0.15) is 31.2 Å². The van der Waals surface area contributed by atoms with E-state index < -0.39 is 35.3 Å². The van der Waals surface area contributed by atoms with Crippen LogP contribution in [0.4, 0.5) is 23.4 Å². The molecule has 3 aliphatic heterocycles. The van der Waals surface area contributed by atoms with E-state index in [-0.39, 0.29) is 69.8 Å². The summed E-state index contributed by atoms with van der Waals surface area (Å²) < 4.78 is 73.8. The predicted octanol–water partition coefficient (Wildman–Crippen LogP) is 5.32. The van der Waals surface area contributed by atoms with Gasteiger partial charge in [-0.2, -0.15) is 9.97 Å². The van der Waals surface area contributed by atoms with Gasteiger partial charge in [-0.15, -0.1) is 6.42 Å². The number of phenolic OH excluding ortho intramolecular Hbond substituents is 1. The molecule has 2 unspecified atom stereocenters. The molecular weight excluding hydrogens is 626 g/mol. The summed E-state index contributed by atoms with van der Waals surface area (Å²) in [5.74, 6) is -0.269. The number of nitrogens with one attached hydrogen (secondary N) is 1. The molecule has 0 radical (unpaired) electrons. The molecule has 2 bridgehead atoms. The number of halogens is 4. The SMILES string of the molecule is C#Cc1c(F)ccc2cc(O)cc(-c3c(F)cc4c(N5CC6CCC(C5)N6)nc(OCC5(CN6C[C@H](OC)[C@@H](F)C6)CC5)nc4c3F)c12. The van der Waals surface area contributed by atoms with E-state index in [1.54, 1.807) is 0 Å². The van der Waals surface area contributed by atoms with Gasteiger partial charge in [-0.05, 0) is 55.3 Å². The molecule has 0 spiro atoms. The number of alkyl halides is 1. The van der Waals surface area contributed by atoms with Crippen LogP contribution < -0.4 is 15.0 Å². The van der Waals surface area contributed by atoms with Crippen molar-refractivity contribution in [2.75, 3.05) is 51.3 Å². The van der Waals surface area contributed by atoms with Crippen molar-refractivity contribution in [2.24, 2.45) is 5.41 Å². The molecule has 3 saturated heterocycles. The summed E-state index contributed by atoms with van der Waals surface area (Å²) in [5.41, 5.74) is -1.16. The number of likely N-dealkylation sites (tertiary alicyclic amines) is 1. The summed E-state index contributed by atoms with van der Waals surface area (Å²) in [7, 11) is 1.51. The number of aromatic nitrogens is 2. The first-order valence-corrected chi connectivity index (χ1v) is 16.3. The summed E-state index contributed by atoms with van der Waals surface area (Å²) in [6, 6.07) is 6.66. The van der Waals surface area contributed by atoms with E-state index in [2.05, 4.69) is 16.2 Å². The zero-order valence-electron chi connectivity index (χ0n) is 26.4. The highest BCUT2D eigenvalue weighted by molar-refractivity contribution is 6.04. The van der Waals surface area contributed by atoms with Gasteiger partial charge >= 0.3 is 6.01 Å². The minimum atomic E-state index is -1.05. The summed E-state index contributed by atoms with van der Waals surface area (Å²) in [6.45, 7) is 2.84. The molecule has 4 heterocycles. The Balaban J connectivity index is 1.22. The van der Waals surface area contributed by atoms with E-state index in [0.29, 0.717) is 37.4 Å². The topological polar surface area (TPSA) is 83.0 Å². The fourth-order valence-electron chi connectivity index (χ4n) is 7.82. The van der Waals surface area contributed by atoms with Gasteiger partial charge in [0.15, 0.2) is 5.82 Å². The fourth-order valence-corrected chi connectivity index (χ4v) is 7.82. The summed E-state index contributed by atoms with van der Waals surface area (Å²) in [4.78, 5) is 13.3. The van der Waals surface area contributed by atoms with Gasteiger partial charge in [0.05, 0.1) is 17.7 Å². The normalized spacial score (nSPS) is 24.8. The predicted molar refractivity (Wildman–Crippen MR) is 173 cm³/mol. The van der Waals surface area contributed by atoms with Crippen molar-refractivity contribution in [3.63, 3.8) is 0 Å². The minimum absolute atomic E-state index is 0.0539. The number of piperazine rings is 1. The van der Waals surface area contributed by atoms with Crippen LogP contribution in [0.2, 0.25) is 0 Å². The molecule has 8 nitrogen and oxygen atoms in total. The Morgan fingerprint density at radius 1 is 1.04 bits per heavy atom. The third-order valence-corrected chi connectivity index (χ3v) is 10.4. The van der Waals surface area contributed by atoms with Crippen LogP contribution >= 0.6 is 0 Å². The third-order valence-electron chi connectivity index (χ3n) is 10.4. The number of nitrogens with zero attached hydrogens (tertiary/aromatic N) is 4. The van der Waals surface area contributed by atoms with Crippen molar-refractivity contribution in [1.82, 2.24) is 20.2 Å². The monoisotopic (exact) mass is 661 g/mol. The van der Waals surface area contributed by atoms with Crippen LogP contribution in [0.25, 0.3) is 32.8 Å². The first-order valence-electron chi connectivity index (χ1n) is 16.3. The second kappa shape index (κ2) is 11.8. The van der Waals surface area contributed by atoms with Gasteiger partial charge in [0.25, 0.3) is 0 Å². The molecule has 2 N–H and O–H groups in total. The maximum absolute atomic E-state index is 16.9. The number of fused-ring (bicyclic) bond motifs is 4. The number of phenols is 1. The van der Waals surface area contributed by atoms with Crippen molar-refractivity contribution in [3.8, 4) is 35.2 Å². The Morgan fingerprint density at radius 2 is 1.81 bits per heavy atom. The van der Waals surface area contributed by atoms with Gasteiger partial charge in [-0.25, -0.2) is 17.6 Å². The second-order valence-corrected chi connectivity index (χ2v) is 13.7. The van der Waals surface area contributed by atoms with Crippen molar-refractivity contribution in [1.29, 1.82) is 0 Å². The molecule has 0 amide bonds. The minimum Gasteiger partial charge on any atom is -0.508 e. The average Bonchev–Trinajstić information content (AvgIpc) is 3.62. The van der Waals surface area contributed by atoms with Crippen molar-refractivity contribution in [3.05, 3.63) is 53.3 Å².